The molecule has 1 aliphatic rings. The summed E-state index contributed by atoms with van der Waals surface area (Å²) in [4.78, 5) is 25.6. The molecule has 1 aromatic heterocycles. The fraction of sp³-hybridized carbons (Fsp3) is 0.412. The Labute approximate surface area is 144 Å². The van der Waals surface area contributed by atoms with Crippen LogP contribution in [0.4, 0.5) is 5.69 Å². The van der Waals surface area contributed by atoms with Gasteiger partial charge >= 0.3 is 0 Å². The highest BCUT2D eigenvalue weighted by molar-refractivity contribution is 5.97. The molecule has 0 bridgehead atoms. The lowest BCUT2D eigenvalue weighted by atomic mass is 10.00. The molecule has 0 saturated carbocycles. The molecule has 1 fully saturated rings. The van der Waals surface area contributed by atoms with E-state index in [9.17, 15) is 14.9 Å². The van der Waals surface area contributed by atoms with Crippen LogP contribution in [-0.2, 0) is 4.74 Å². The summed E-state index contributed by atoms with van der Waals surface area (Å²) >= 11 is 0. The number of benzene rings is 1. The van der Waals surface area contributed by atoms with Gasteiger partial charge in [0.15, 0.2) is 0 Å². The maximum absolute atomic E-state index is 13.1. The van der Waals surface area contributed by atoms with Crippen LogP contribution in [0.2, 0.25) is 0 Å². The molecule has 1 aliphatic heterocycles. The number of aromatic amines is 1. The number of nitro benzene ring substituents is 1. The molecular formula is C17H20N4O4. The van der Waals surface area contributed by atoms with E-state index in [1.54, 1.807) is 24.0 Å². The smallest absolute Gasteiger partial charge is 0.273 e. The van der Waals surface area contributed by atoms with Gasteiger partial charge in [-0.2, -0.15) is 5.10 Å². The minimum absolute atomic E-state index is 0.0497. The molecule has 1 saturated heterocycles. The normalized spacial score (nSPS) is 17.6. The van der Waals surface area contributed by atoms with E-state index in [1.807, 2.05) is 13.8 Å². The number of H-pyrrole nitrogens is 1. The van der Waals surface area contributed by atoms with Crippen LogP contribution in [0.15, 0.2) is 18.2 Å². The lowest BCUT2D eigenvalue weighted by molar-refractivity contribution is -0.385. The van der Waals surface area contributed by atoms with Crippen molar-refractivity contribution in [3.05, 3.63) is 56.4 Å². The van der Waals surface area contributed by atoms with Crippen LogP contribution < -0.4 is 0 Å². The number of rotatable bonds is 3. The second-order valence-corrected chi connectivity index (χ2v) is 6.14. The molecule has 8 heteroatoms. The van der Waals surface area contributed by atoms with Crippen molar-refractivity contribution in [1.29, 1.82) is 0 Å². The summed E-state index contributed by atoms with van der Waals surface area (Å²) in [6.07, 6.45) is 0. The van der Waals surface area contributed by atoms with Gasteiger partial charge in [0.25, 0.3) is 11.6 Å². The molecule has 1 amide bonds. The second-order valence-electron chi connectivity index (χ2n) is 6.14. The summed E-state index contributed by atoms with van der Waals surface area (Å²) < 4.78 is 5.58. The molecule has 25 heavy (non-hydrogen) atoms. The topological polar surface area (TPSA) is 101 Å². The van der Waals surface area contributed by atoms with Gasteiger partial charge in [-0.25, -0.2) is 0 Å². The minimum atomic E-state index is -0.465. The zero-order chi connectivity index (χ0) is 18.1. The Hall–Kier alpha value is -2.74. The number of carbonyl (C=O) groups excluding carboxylic acids is 1. The summed E-state index contributed by atoms with van der Waals surface area (Å²) in [6.45, 7) is 6.64. The molecule has 1 N–H and O–H groups in total. The SMILES string of the molecule is Cc1n[nH]c(C)c1C1COCCN1C(=O)c1cccc([N+](=O)[O-])c1C. The van der Waals surface area contributed by atoms with Gasteiger partial charge in [0.05, 0.1) is 29.9 Å². The Morgan fingerprint density at radius 1 is 1.40 bits per heavy atom. The summed E-state index contributed by atoms with van der Waals surface area (Å²) in [5.74, 6) is -0.227. The highest BCUT2D eigenvalue weighted by Gasteiger charge is 2.33. The maximum atomic E-state index is 13.1. The fourth-order valence-corrected chi connectivity index (χ4v) is 3.34. The number of aromatic nitrogens is 2. The van der Waals surface area contributed by atoms with Gasteiger partial charge < -0.3 is 9.64 Å². The van der Waals surface area contributed by atoms with E-state index in [4.69, 9.17) is 4.74 Å². The Bertz CT molecular complexity index is 811. The molecule has 1 aromatic carbocycles. The van der Waals surface area contributed by atoms with E-state index >= 15 is 0 Å². The van der Waals surface area contributed by atoms with Crippen molar-refractivity contribution in [3.8, 4) is 0 Å². The summed E-state index contributed by atoms with van der Waals surface area (Å²) in [6, 6.07) is 4.32. The number of aryl methyl sites for hydroxylation is 2. The molecule has 2 heterocycles. The molecule has 0 radical (unpaired) electrons. The van der Waals surface area contributed by atoms with Crippen molar-refractivity contribution in [3.63, 3.8) is 0 Å². The van der Waals surface area contributed by atoms with Crippen molar-refractivity contribution < 1.29 is 14.5 Å². The summed E-state index contributed by atoms with van der Waals surface area (Å²) in [5, 5.41) is 18.3. The molecule has 0 aliphatic carbocycles. The summed E-state index contributed by atoms with van der Waals surface area (Å²) in [7, 11) is 0. The Balaban J connectivity index is 2.00. The first-order valence-electron chi connectivity index (χ1n) is 8.06. The summed E-state index contributed by atoms with van der Waals surface area (Å²) in [5.41, 5.74) is 3.33. The van der Waals surface area contributed by atoms with E-state index in [0.717, 1.165) is 17.0 Å². The van der Waals surface area contributed by atoms with Gasteiger partial charge in [0.2, 0.25) is 0 Å². The van der Waals surface area contributed by atoms with Crippen LogP contribution >= 0.6 is 0 Å². The number of carbonyl (C=O) groups is 1. The minimum Gasteiger partial charge on any atom is -0.377 e. The highest BCUT2D eigenvalue weighted by Crippen LogP contribution is 2.31. The molecule has 132 valence electrons. The number of hydrogen-bond donors (Lipinski definition) is 1. The van der Waals surface area contributed by atoms with E-state index < -0.39 is 4.92 Å². The zero-order valence-corrected chi connectivity index (χ0v) is 14.4. The molecule has 0 spiro atoms. The Morgan fingerprint density at radius 2 is 2.16 bits per heavy atom. The van der Waals surface area contributed by atoms with Gasteiger partial charge in [0.1, 0.15) is 0 Å². The average molecular weight is 344 g/mol. The van der Waals surface area contributed by atoms with Crippen LogP contribution in [0.5, 0.6) is 0 Å². The van der Waals surface area contributed by atoms with Gasteiger partial charge in [-0.3, -0.25) is 20.0 Å². The monoisotopic (exact) mass is 344 g/mol. The highest BCUT2D eigenvalue weighted by atomic mass is 16.6. The van der Waals surface area contributed by atoms with E-state index in [1.165, 1.54) is 6.07 Å². The largest absolute Gasteiger partial charge is 0.377 e. The van der Waals surface area contributed by atoms with Crippen LogP contribution in [0, 0.1) is 30.9 Å². The molecule has 8 nitrogen and oxygen atoms in total. The molecule has 1 unspecified atom stereocenters. The first kappa shape index (κ1) is 17.1. The van der Waals surface area contributed by atoms with Crippen LogP contribution in [0.25, 0.3) is 0 Å². The van der Waals surface area contributed by atoms with Crippen LogP contribution in [-0.4, -0.2) is 45.7 Å². The Morgan fingerprint density at radius 3 is 2.80 bits per heavy atom. The van der Waals surface area contributed by atoms with E-state index in [0.29, 0.717) is 30.9 Å². The maximum Gasteiger partial charge on any atom is 0.273 e. The van der Waals surface area contributed by atoms with Crippen molar-refractivity contribution in [1.82, 2.24) is 15.1 Å². The number of amides is 1. The quantitative estimate of drug-likeness (QED) is 0.681. The van der Waals surface area contributed by atoms with Crippen LogP contribution in [0.3, 0.4) is 0 Å². The number of morpholine rings is 1. The van der Waals surface area contributed by atoms with Crippen molar-refractivity contribution in [2.75, 3.05) is 19.8 Å². The average Bonchev–Trinajstić information content (AvgIpc) is 2.93. The molecular weight excluding hydrogens is 324 g/mol. The van der Waals surface area contributed by atoms with Crippen molar-refractivity contribution >= 4 is 11.6 Å². The number of nitrogens with one attached hydrogen (secondary N) is 1. The van der Waals surface area contributed by atoms with E-state index in [-0.39, 0.29) is 17.6 Å². The standard InChI is InChI=1S/C17H20N4O4/c1-10-13(5-4-6-14(10)21(23)24)17(22)20-7-8-25-9-15(20)16-11(2)18-19-12(16)3/h4-6,15H,7-9H2,1-3H3,(H,18,19). The number of nitro groups is 1. The zero-order valence-electron chi connectivity index (χ0n) is 14.4. The van der Waals surface area contributed by atoms with Crippen molar-refractivity contribution in [2.24, 2.45) is 0 Å². The first-order valence-corrected chi connectivity index (χ1v) is 8.06. The van der Waals surface area contributed by atoms with Crippen molar-refractivity contribution in [2.45, 2.75) is 26.8 Å². The third kappa shape index (κ3) is 3.00. The van der Waals surface area contributed by atoms with Gasteiger partial charge in [-0.15, -0.1) is 0 Å². The molecule has 3 rings (SSSR count). The lowest BCUT2D eigenvalue weighted by Crippen LogP contribution is -2.44. The third-order valence-electron chi connectivity index (χ3n) is 4.64. The van der Waals surface area contributed by atoms with Crippen LogP contribution in [0.1, 0.15) is 38.9 Å². The molecule has 2 aromatic rings. The number of hydrogen-bond acceptors (Lipinski definition) is 5. The Kier molecular flexibility index (Phi) is 4.54. The predicted octanol–water partition coefficient (Wildman–Crippen LogP) is 2.46. The fourth-order valence-electron chi connectivity index (χ4n) is 3.34. The molecule has 1 atom stereocenters. The lowest BCUT2D eigenvalue weighted by Gasteiger charge is -2.36. The first-order chi connectivity index (χ1) is 11.9. The number of nitrogens with zero attached hydrogens (tertiary/aromatic N) is 3. The van der Waals surface area contributed by atoms with Gasteiger partial charge in [0, 0.05) is 35.0 Å². The predicted molar refractivity (Wildman–Crippen MR) is 90.5 cm³/mol. The third-order valence-corrected chi connectivity index (χ3v) is 4.64. The van der Waals surface area contributed by atoms with E-state index in [2.05, 4.69) is 10.2 Å². The van der Waals surface area contributed by atoms with Gasteiger partial charge in [-0.1, -0.05) is 6.07 Å². The number of ether oxygens (including phenoxy) is 1. The van der Waals surface area contributed by atoms with Gasteiger partial charge in [-0.05, 0) is 26.8 Å². The second kappa shape index (κ2) is 6.64.